The Hall–Kier alpha value is -2.11. The van der Waals surface area contributed by atoms with Crippen LogP contribution in [0.2, 0.25) is 0 Å². The van der Waals surface area contributed by atoms with Crippen molar-refractivity contribution < 1.29 is 6.29 Å². The van der Waals surface area contributed by atoms with Gasteiger partial charge in [0.15, 0.2) is 0 Å². The summed E-state index contributed by atoms with van der Waals surface area (Å²) in [6, 6.07) is 2.38. The Morgan fingerprint density at radius 1 is 1.40 bits per heavy atom. The van der Waals surface area contributed by atoms with Crippen molar-refractivity contribution in [1.29, 1.82) is 0 Å². The van der Waals surface area contributed by atoms with Gasteiger partial charge in [-0.25, -0.2) is 4.79 Å². The zero-order valence-electron chi connectivity index (χ0n) is 9.22. The van der Waals surface area contributed by atoms with Crippen molar-refractivity contribution in [2.24, 2.45) is 14.1 Å². The molecule has 0 aliphatic heterocycles. The summed E-state index contributed by atoms with van der Waals surface area (Å²) in [6.07, 6.45) is 0. The van der Waals surface area contributed by atoms with Crippen LogP contribution in [0.5, 0.6) is 0 Å². The smallest absolute Gasteiger partial charge is 0.295 e. The molecule has 15 heavy (non-hydrogen) atoms. The van der Waals surface area contributed by atoms with Crippen LogP contribution in [0, 0.1) is 10.1 Å². The lowest BCUT2D eigenvalue weighted by Gasteiger charge is -1.94. The summed E-state index contributed by atoms with van der Waals surface area (Å²) in [5, 5.41) is 10.7. The molecule has 0 saturated heterocycles. The quantitative estimate of drug-likeness (QED) is 0.513. The summed E-state index contributed by atoms with van der Waals surface area (Å²) in [5.74, 6) is 0. The van der Waals surface area contributed by atoms with Gasteiger partial charge in [0.25, 0.3) is 5.69 Å². The van der Waals surface area contributed by atoms with E-state index < -0.39 is 4.92 Å². The molecular formula is C9H9N3O3. The Morgan fingerprint density at radius 2 is 2.00 bits per heavy atom. The Morgan fingerprint density at radius 3 is 2.60 bits per heavy atom. The fraction of sp³-hybridized carbons (Fsp3) is 0.222. The van der Waals surface area contributed by atoms with Gasteiger partial charge in [0.1, 0.15) is 0 Å². The molecule has 2 rings (SSSR count). The Kier molecular flexibility index (Phi) is 1.61. The highest BCUT2D eigenvalue weighted by atomic mass is 16.6. The van der Waals surface area contributed by atoms with Crippen LogP contribution in [0.15, 0.2) is 23.0 Å². The number of imidazole rings is 1. The van der Waals surface area contributed by atoms with Gasteiger partial charge in [-0.2, -0.15) is 0 Å². The van der Waals surface area contributed by atoms with Gasteiger partial charge in [-0.3, -0.25) is 19.2 Å². The lowest BCUT2D eigenvalue weighted by atomic mass is 10.3. The summed E-state index contributed by atoms with van der Waals surface area (Å²) in [4.78, 5) is 21.6. The molecule has 1 aromatic heterocycles. The van der Waals surface area contributed by atoms with Crippen molar-refractivity contribution in [3.8, 4) is 0 Å². The molecule has 0 aliphatic rings. The van der Waals surface area contributed by atoms with Gasteiger partial charge in [-0.1, -0.05) is 0 Å². The Labute approximate surface area is 85.9 Å². The highest BCUT2D eigenvalue weighted by Gasteiger charge is 2.12. The largest absolute Gasteiger partial charge is 0.328 e. The Bertz CT molecular complexity index is 656. The fourth-order valence-corrected chi connectivity index (χ4v) is 1.54. The minimum absolute atomic E-state index is 0.196. The van der Waals surface area contributed by atoms with E-state index in [1.165, 1.54) is 28.3 Å². The summed E-state index contributed by atoms with van der Waals surface area (Å²) in [6.45, 7) is 0. The number of nitrogens with zero attached hydrogens (tertiary/aromatic N) is 3. The van der Waals surface area contributed by atoms with Crippen LogP contribution >= 0.6 is 0 Å². The molecule has 0 unspecified atom stereocenters. The highest BCUT2D eigenvalue weighted by Crippen LogP contribution is 2.18. The number of aryl methyl sites for hydroxylation is 2. The molecule has 0 atom stereocenters. The number of hydrogen-bond donors (Lipinski definition) is 0. The van der Waals surface area contributed by atoms with Gasteiger partial charge in [0.05, 0.1) is 17.3 Å². The first-order chi connectivity index (χ1) is 7.43. The molecule has 1 aromatic carbocycles. The number of aromatic nitrogens is 2. The van der Waals surface area contributed by atoms with E-state index in [0.717, 1.165) is 0 Å². The fourth-order valence-electron chi connectivity index (χ4n) is 1.54. The molecule has 0 amide bonds. The average molecular weight is 208 g/mol. The third kappa shape index (κ3) is 1.22. The second kappa shape index (κ2) is 2.94. The van der Waals surface area contributed by atoms with Crippen LogP contribution in [0.25, 0.3) is 11.0 Å². The van der Waals surface area contributed by atoms with E-state index >= 15 is 0 Å². The van der Waals surface area contributed by atoms with E-state index in [9.17, 15) is 14.9 Å². The topological polar surface area (TPSA) is 70.1 Å². The maximum absolute atomic E-state index is 11.6. The number of rotatable bonds is 1. The third-order valence-electron chi connectivity index (χ3n) is 2.39. The van der Waals surface area contributed by atoms with E-state index in [0.29, 0.717) is 11.0 Å². The van der Waals surface area contributed by atoms with Crippen molar-refractivity contribution in [2.45, 2.75) is 0 Å². The van der Waals surface area contributed by atoms with Crippen molar-refractivity contribution in [3.05, 3.63) is 38.8 Å². The van der Waals surface area contributed by atoms with Gasteiger partial charge in [-0.05, 0) is 6.07 Å². The van der Waals surface area contributed by atoms with Crippen LogP contribution < -0.4 is 5.69 Å². The molecule has 0 aliphatic carbocycles. The highest BCUT2D eigenvalue weighted by molar-refractivity contribution is 5.78. The Balaban J connectivity index is 2.96. The summed E-state index contributed by atoms with van der Waals surface area (Å²) >= 11 is 0. The van der Waals surface area contributed by atoms with Crippen LogP contribution in [-0.4, -0.2) is 14.1 Å². The van der Waals surface area contributed by atoms with E-state index in [-0.39, 0.29) is 17.4 Å². The van der Waals surface area contributed by atoms with E-state index in [1.807, 2.05) is 0 Å². The minimum Gasteiger partial charge on any atom is -0.295 e. The average Bonchev–Trinajstić information content (AvgIpc) is 2.43. The van der Waals surface area contributed by atoms with Crippen LogP contribution in [-0.2, 0) is 14.1 Å². The normalized spacial score (nSPS) is 11.7. The van der Waals surface area contributed by atoms with E-state index in [2.05, 4.69) is 0 Å². The second-order valence-corrected chi connectivity index (χ2v) is 3.25. The van der Waals surface area contributed by atoms with Crippen LogP contribution in [0.1, 0.15) is 1.37 Å². The second-order valence-electron chi connectivity index (χ2n) is 3.25. The zero-order valence-corrected chi connectivity index (χ0v) is 8.22. The van der Waals surface area contributed by atoms with Gasteiger partial charge >= 0.3 is 5.69 Å². The summed E-state index contributed by atoms with van der Waals surface area (Å²) in [5.41, 5.74) is 0.405. The number of fused-ring (bicyclic) bond motifs is 1. The van der Waals surface area contributed by atoms with Gasteiger partial charge in [0.2, 0.25) is 0 Å². The molecular weight excluding hydrogens is 198 g/mol. The third-order valence-corrected chi connectivity index (χ3v) is 2.39. The zero-order chi connectivity index (χ0) is 12.0. The number of benzene rings is 1. The van der Waals surface area contributed by atoms with Crippen LogP contribution in [0.3, 0.4) is 0 Å². The first-order valence-corrected chi connectivity index (χ1v) is 4.24. The summed E-state index contributed by atoms with van der Waals surface area (Å²) in [7, 11) is 3.11. The van der Waals surface area contributed by atoms with Crippen molar-refractivity contribution in [3.63, 3.8) is 0 Å². The van der Waals surface area contributed by atoms with E-state index in [4.69, 9.17) is 1.37 Å². The van der Waals surface area contributed by atoms with Gasteiger partial charge in [-0.15, -0.1) is 0 Å². The van der Waals surface area contributed by atoms with Crippen molar-refractivity contribution in [1.82, 2.24) is 9.13 Å². The minimum atomic E-state index is -0.626. The monoisotopic (exact) mass is 208 g/mol. The molecule has 0 N–H and O–H groups in total. The molecule has 78 valence electrons. The standard InChI is InChI=1S/C9H9N3O3/c1-10-7-4-3-6(12(14)15)5-8(7)11(2)9(10)13/h3-5H,1-2H3/i3D. The molecule has 2 aromatic rings. The first-order valence-electron chi connectivity index (χ1n) is 4.74. The van der Waals surface area contributed by atoms with E-state index in [1.54, 1.807) is 7.05 Å². The number of nitro benzene ring substituents is 1. The van der Waals surface area contributed by atoms with Crippen LogP contribution in [0.4, 0.5) is 5.69 Å². The molecule has 0 radical (unpaired) electrons. The molecule has 0 saturated carbocycles. The molecule has 0 spiro atoms. The number of nitro groups is 1. The predicted octanol–water partition coefficient (Wildman–Crippen LogP) is 0.785. The van der Waals surface area contributed by atoms with Crippen molar-refractivity contribution in [2.75, 3.05) is 0 Å². The number of hydrogen-bond acceptors (Lipinski definition) is 3. The molecule has 0 fully saturated rings. The predicted molar refractivity (Wildman–Crippen MR) is 54.8 cm³/mol. The van der Waals surface area contributed by atoms with Crippen molar-refractivity contribution >= 4 is 16.7 Å². The molecule has 0 bridgehead atoms. The maximum atomic E-state index is 11.6. The lowest BCUT2D eigenvalue weighted by Crippen LogP contribution is -2.19. The molecule has 6 nitrogen and oxygen atoms in total. The molecule has 1 heterocycles. The van der Waals surface area contributed by atoms with Gasteiger partial charge < -0.3 is 0 Å². The van der Waals surface area contributed by atoms with Gasteiger partial charge in [0, 0.05) is 26.2 Å². The molecule has 6 heteroatoms. The lowest BCUT2D eigenvalue weighted by molar-refractivity contribution is -0.384. The first kappa shape index (κ1) is 8.22. The maximum Gasteiger partial charge on any atom is 0.328 e. The SMILES string of the molecule is [2H]c1cc2c(cc1[N+](=O)[O-])n(C)c(=O)n2C. The summed E-state index contributed by atoms with van der Waals surface area (Å²) < 4.78 is 10.2.